The molecule has 7 heteroatoms. The lowest BCUT2D eigenvalue weighted by Gasteiger charge is -2.21. The van der Waals surface area contributed by atoms with Crippen molar-refractivity contribution in [1.82, 2.24) is 5.43 Å². The van der Waals surface area contributed by atoms with Gasteiger partial charge in [-0.05, 0) is 49.3 Å². The number of thioether (sulfide) groups is 1. The molecule has 0 spiro atoms. The molecule has 0 fully saturated rings. The molecule has 1 amide bonds. The molecule has 0 saturated carbocycles. The van der Waals surface area contributed by atoms with Gasteiger partial charge in [-0.1, -0.05) is 18.2 Å². The molecule has 1 atom stereocenters. The minimum atomic E-state index is -0.0886. The fraction of sp³-hybridized carbons (Fsp3) is 0.250. The van der Waals surface area contributed by atoms with E-state index in [2.05, 4.69) is 42.8 Å². The second-order valence-electron chi connectivity index (χ2n) is 5.83. The third kappa shape index (κ3) is 5.03. The molecule has 1 heterocycles. The van der Waals surface area contributed by atoms with Crippen LogP contribution in [-0.2, 0) is 4.79 Å². The van der Waals surface area contributed by atoms with Gasteiger partial charge < -0.3 is 15.7 Å². The van der Waals surface area contributed by atoms with Gasteiger partial charge in [-0.2, -0.15) is 0 Å². The van der Waals surface area contributed by atoms with E-state index in [0.29, 0.717) is 12.2 Å². The lowest BCUT2D eigenvalue weighted by Crippen LogP contribution is -2.21. The van der Waals surface area contributed by atoms with Crippen LogP contribution in [0.3, 0.4) is 0 Å². The van der Waals surface area contributed by atoms with Crippen LogP contribution in [0.25, 0.3) is 11.6 Å². The predicted octanol–water partition coefficient (Wildman–Crippen LogP) is 2.78. The molecule has 0 radical (unpaired) electrons. The fourth-order valence-corrected chi connectivity index (χ4v) is 3.99. The summed E-state index contributed by atoms with van der Waals surface area (Å²) in [7, 11) is 0. The van der Waals surface area contributed by atoms with Crippen molar-refractivity contribution in [1.29, 1.82) is 0 Å². The number of aromatic hydroxyl groups is 1. The molecule has 6 nitrogen and oxygen atoms in total. The number of phenolic OH excluding ortho intramolecular Hbond substituents is 1. The van der Waals surface area contributed by atoms with Crippen molar-refractivity contribution in [2.24, 2.45) is 11.6 Å². The van der Waals surface area contributed by atoms with Crippen LogP contribution in [0.1, 0.15) is 25.0 Å². The average molecular weight is 387 g/mol. The van der Waals surface area contributed by atoms with Gasteiger partial charge in [0.25, 0.3) is 0 Å². The van der Waals surface area contributed by atoms with Gasteiger partial charge in [-0.15, -0.1) is 11.8 Å². The van der Waals surface area contributed by atoms with Gasteiger partial charge in [0.05, 0.1) is 5.37 Å². The van der Waals surface area contributed by atoms with Gasteiger partial charge in [0, 0.05) is 35.3 Å². The average Bonchev–Trinajstić information content (AvgIpc) is 3.00. The van der Waals surface area contributed by atoms with Crippen LogP contribution < -0.4 is 21.9 Å². The van der Waals surface area contributed by atoms with Crippen LogP contribution in [0.4, 0.5) is 5.69 Å². The number of carbonyl (C=O) groups is 1. The van der Waals surface area contributed by atoms with Crippen molar-refractivity contribution in [3.63, 3.8) is 0 Å². The Bertz CT molecular complexity index is 806. The lowest BCUT2D eigenvalue weighted by atomic mass is 10.0. The quantitative estimate of drug-likeness (QED) is 0.273. The maximum Gasteiger partial charge on any atom is 0.221 e. The summed E-state index contributed by atoms with van der Waals surface area (Å²) >= 11 is 1.66. The van der Waals surface area contributed by atoms with E-state index in [-0.39, 0.29) is 5.37 Å². The third-order valence-electron chi connectivity index (χ3n) is 4.28. The number of rotatable bonds is 5. The Kier molecular flexibility index (Phi) is 7.72. The second-order valence-corrected chi connectivity index (χ2v) is 7.02. The Balaban J connectivity index is 0.000000596. The number of phenols is 1. The molecule has 2 aromatic rings. The van der Waals surface area contributed by atoms with Gasteiger partial charge in [0.2, 0.25) is 6.41 Å². The van der Waals surface area contributed by atoms with E-state index in [1.54, 1.807) is 17.2 Å². The zero-order chi connectivity index (χ0) is 19.8. The molecule has 0 bridgehead atoms. The molecule has 0 aromatic heterocycles. The minimum absolute atomic E-state index is 0.0886. The summed E-state index contributed by atoms with van der Waals surface area (Å²) in [6.07, 6.45) is 2.41. The summed E-state index contributed by atoms with van der Waals surface area (Å²) in [5, 5.41) is 10.3. The zero-order valence-electron chi connectivity index (χ0n) is 15.6. The number of nitrogens with two attached hydrogens (primary N) is 2. The van der Waals surface area contributed by atoms with E-state index >= 15 is 0 Å². The number of anilines is 1. The molecule has 0 saturated heterocycles. The lowest BCUT2D eigenvalue weighted by molar-refractivity contribution is -0.109. The third-order valence-corrected chi connectivity index (χ3v) is 5.40. The van der Waals surface area contributed by atoms with Crippen molar-refractivity contribution in [2.45, 2.75) is 24.1 Å². The molecule has 1 aliphatic rings. The number of nitrogens with one attached hydrogen (secondary N) is 1. The van der Waals surface area contributed by atoms with E-state index in [9.17, 15) is 5.11 Å². The number of amides is 1. The molecule has 6 N–H and O–H groups in total. The van der Waals surface area contributed by atoms with Crippen LogP contribution in [0, 0.1) is 0 Å². The van der Waals surface area contributed by atoms with Gasteiger partial charge >= 0.3 is 0 Å². The molecule has 1 aliphatic heterocycles. The Morgan fingerprint density at radius 1 is 1.22 bits per heavy atom. The van der Waals surface area contributed by atoms with E-state index < -0.39 is 0 Å². The Labute approximate surface area is 164 Å². The van der Waals surface area contributed by atoms with E-state index in [1.165, 1.54) is 4.90 Å². The van der Waals surface area contributed by atoms with Gasteiger partial charge in [-0.25, -0.2) is 5.84 Å². The van der Waals surface area contributed by atoms with Gasteiger partial charge in [-0.3, -0.25) is 10.2 Å². The SMILES string of the molecule is CCN(CC)c1ccc(C=C2c3ccccc3SC2N)c(O)c1.NNC=O. The van der Waals surface area contributed by atoms with Crippen molar-refractivity contribution in [3.8, 4) is 5.75 Å². The zero-order valence-corrected chi connectivity index (χ0v) is 16.4. The highest BCUT2D eigenvalue weighted by atomic mass is 32.2. The standard InChI is InChI=1S/C19H22N2OS.CH4N2O/c1-3-21(4-2)14-10-9-13(17(22)12-14)11-16-15-7-5-6-8-18(15)23-19(16)20;2-3-1-4/h5-12,19,22H,3-4,20H2,1-2H3;1H,2H2,(H,3,4). The number of fused-ring (bicyclic) bond motifs is 1. The van der Waals surface area contributed by atoms with Crippen molar-refractivity contribution < 1.29 is 9.90 Å². The van der Waals surface area contributed by atoms with Crippen molar-refractivity contribution >= 4 is 35.5 Å². The van der Waals surface area contributed by atoms with Crippen molar-refractivity contribution in [3.05, 3.63) is 53.6 Å². The largest absolute Gasteiger partial charge is 0.507 e. The first kappa shape index (κ1) is 20.8. The highest BCUT2D eigenvalue weighted by Gasteiger charge is 2.24. The van der Waals surface area contributed by atoms with Crippen molar-refractivity contribution in [2.75, 3.05) is 18.0 Å². The number of hydrazine groups is 1. The summed E-state index contributed by atoms with van der Waals surface area (Å²) in [6.45, 7) is 6.07. The summed E-state index contributed by atoms with van der Waals surface area (Å²) in [5.74, 6) is 4.70. The predicted molar refractivity (Wildman–Crippen MR) is 113 cm³/mol. The highest BCUT2D eigenvalue weighted by molar-refractivity contribution is 8.00. The molecule has 27 heavy (non-hydrogen) atoms. The van der Waals surface area contributed by atoms with Crippen LogP contribution >= 0.6 is 11.8 Å². The van der Waals surface area contributed by atoms with Crippen LogP contribution in [0.5, 0.6) is 5.75 Å². The van der Waals surface area contributed by atoms with Crippen LogP contribution in [-0.4, -0.2) is 30.0 Å². The van der Waals surface area contributed by atoms with Crippen LogP contribution in [0.2, 0.25) is 0 Å². The topological polar surface area (TPSA) is 105 Å². The van der Waals surface area contributed by atoms with E-state index in [4.69, 9.17) is 10.5 Å². The first-order chi connectivity index (χ1) is 13.0. The Morgan fingerprint density at radius 2 is 1.89 bits per heavy atom. The molecule has 2 aromatic carbocycles. The first-order valence-corrected chi connectivity index (χ1v) is 9.64. The van der Waals surface area contributed by atoms with E-state index in [1.807, 2.05) is 30.3 Å². The fourth-order valence-electron chi connectivity index (χ4n) is 2.93. The molecule has 0 aliphatic carbocycles. The van der Waals surface area contributed by atoms with Gasteiger partial charge in [0.1, 0.15) is 5.75 Å². The molecular weight excluding hydrogens is 360 g/mol. The first-order valence-electron chi connectivity index (χ1n) is 8.76. The molecule has 1 unspecified atom stereocenters. The maximum absolute atomic E-state index is 10.4. The number of nitrogens with zero attached hydrogens (tertiary/aromatic N) is 1. The smallest absolute Gasteiger partial charge is 0.221 e. The molecule has 144 valence electrons. The monoisotopic (exact) mass is 386 g/mol. The number of benzene rings is 2. The Hall–Kier alpha value is -2.48. The summed E-state index contributed by atoms with van der Waals surface area (Å²) < 4.78 is 0. The highest BCUT2D eigenvalue weighted by Crippen LogP contribution is 2.43. The number of carbonyl (C=O) groups excluding carboxylic acids is 1. The molecular formula is C20H26N4O2S. The van der Waals surface area contributed by atoms with Crippen LogP contribution in [0.15, 0.2) is 47.4 Å². The summed E-state index contributed by atoms with van der Waals surface area (Å²) in [6, 6.07) is 14.1. The Morgan fingerprint density at radius 3 is 2.48 bits per heavy atom. The summed E-state index contributed by atoms with van der Waals surface area (Å²) in [4.78, 5) is 12.3. The second kappa shape index (κ2) is 10.0. The number of hydrogen-bond donors (Lipinski definition) is 4. The summed E-state index contributed by atoms with van der Waals surface area (Å²) in [5.41, 5.74) is 12.1. The maximum atomic E-state index is 10.4. The number of hydrogen-bond acceptors (Lipinski definition) is 6. The normalized spacial score (nSPS) is 16.3. The van der Waals surface area contributed by atoms with Gasteiger partial charge in [0.15, 0.2) is 0 Å². The minimum Gasteiger partial charge on any atom is -0.507 e. The van der Waals surface area contributed by atoms with E-state index in [0.717, 1.165) is 35.5 Å². The molecule has 3 rings (SSSR count).